The lowest BCUT2D eigenvalue weighted by molar-refractivity contribution is 0.0601. The molecule has 0 spiro atoms. The van der Waals surface area contributed by atoms with Crippen molar-refractivity contribution in [2.24, 2.45) is 0 Å². The van der Waals surface area contributed by atoms with Gasteiger partial charge in [0.15, 0.2) is 0 Å². The lowest BCUT2D eigenvalue weighted by Gasteiger charge is -2.02. The van der Waals surface area contributed by atoms with E-state index in [2.05, 4.69) is 31.1 Å². The minimum absolute atomic E-state index is 0.335. The number of fused-ring (bicyclic) bond motifs is 1. The van der Waals surface area contributed by atoms with E-state index in [4.69, 9.17) is 4.74 Å². The molecule has 3 rings (SSSR count). The van der Waals surface area contributed by atoms with Gasteiger partial charge in [0.1, 0.15) is 0 Å². The topological polar surface area (TPSA) is 44.1 Å². The van der Waals surface area contributed by atoms with Crippen molar-refractivity contribution in [1.82, 2.24) is 9.78 Å². The van der Waals surface area contributed by atoms with Crippen LogP contribution in [-0.2, 0) is 4.74 Å². The summed E-state index contributed by atoms with van der Waals surface area (Å²) in [6.45, 7) is 4.14. The smallest absolute Gasteiger partial charge is 0.337 e. The fourth-order valence-electron chi connectivity index (χ4n) is 2.50. The summed E-state index contributed by atoms with van der Waals surface area (Å²) in [5.74, 6) is -0.335. The van der Waals surface area contributed by atoms with Gasteiger partial charge in [0, 0.05) is 11.6 Å². The number of hydrogen-bond acceptors (Lipinski definition) is 3. The van der Waals surface area contributed by atoms with Crippen molar-refractivity contribution in [3.63, 3.8) is 0 Å². The van der Waals surface area contributed by atoms with E-state index in [1.54, 1.807) is 12.1 Å². The average molecular weight is 280 g/mol. The summed E-state index contributed by atoms with van der Waals surface area (Å²) in [7, 11) is 1.38. The Morgan fingerprint density at radius 1 is 1.14 bits per heavy atom. The molecule has 0 saturated carbocycles. The van der Waals surface area contributed by atoms with Crippen LogP contribution in [-0.4, -0.2) is 22.9 Å². The molecule has 0 atom stereocenters. The molecule has 0 N–H and O–H groups in total. The first-order valence-electron chi connectivity index (χ1n) is 6.74. The highest BCUT2D eigenvalue weighted by Crippen LogP contribution is 2.21. The normalized spacial score (nSPS) is 10.8. The largest absolute Gasteiger partial charge is 0.465 e. The van der Waals surface area contributed by atoms with Gasteiger partial charge in [-0.2, -0.15) is 5.10 Å². The van der Waals surface area contributed by atoms with Gasteiger partial charge < -0.3 is 4.74 Å². The molecule has 0 bridgehead atoms. The second kappa shape index (κ2) is 5.05. The van der Waals surface area contributed by atoms with Crippen molar-refractivity contribution in [3.8, 4) is 5.69 Å². The highest BCUT2D eigenvalue weighted by Gasteiger charge is 2.08. The van der Waals surface area contributed by atoms with Crippen molar-refractivity contribution >= 4 is 16.9 Å². The van der Waals surface area contributed by atoms with E-state index < -0.39 is 0 Å². The highest BCUT2D eigenvalue weighted by atomic mass is 16.5. The molecule has 0 saturated heterocycles. The van der Waals surface area contributed by atoms with E-state index in [9.17, 15) is 4.79 Å². The molecule has 0 radical (unpaired) electrons. The van der Waals surface area contributed by atoms with Crippen LogP contribution >= 0.6 is 0 Å². The van der Waals surface area contributed by atoms with Crippen LogP contribution in [0.3, 0.4) is 0 Å². The zero-order valence-corrected chi connectivity index (χ0v) is 12.3. The molecule has 4 nitrogen and oxygen atoms in total. The van der Waals surface area contributed by atoms with E-state index in [1.165, 1.54) is 12.7 Å². The van der Waals surface area contributed by atoms with Gasteiger partial charge >= 0.3 is 5.97 Å². The molecule has 106 valence electrons. The van der Waals surface area contributed by atoms with Crippen LogP contribution in [0.15, 0.2) is 42.6 Å². The first kappa shape index (κ1) is 13.4. The molecule has 0 amide bonds. The molecule has 0 fully saturated rings. The molecule has 0 aliphatic rings. The Bertz CT molecular complexity index is 817. The molecule has 21 heavy (non-hydrogen) atoms. The number of aromatic nitrogens is 2. The minimum Gasteiger partial charge on any atom is -0.465 e. The number of methoxy groups -OCH3 is 1. The molecule has 0 unspecified atom stereocenters. The summed E-state index contributed by atoms with van der Waals surface area (Å²) in [6.07, 6.45) is 2.00. The second-order valence-corrected chi connectivity index (χ2v) is 5.13. The number of rotatable bonds is 2. The van der Waals surface area contributed by atoms with Gasteiger partial charge in [-0.05, 0) is 49.7 Å². The second-order valence-electron chi connectivity index (χ2n) is 5.13. The third-order valence-electron chi connectivity index (χ3n) is 3.50. The van der Waals surface area contributed by atoms with Crippen LogP contribution in [0.1, 0.15) is 21.5 Å². The predicted molar refractivity (Wildman–Crippen MR) is 81.9 cm³/mol. The van der Waals surface area contributed by atoms with Crippen LogP contribution in [0.5, 0.6) is 0 Å². The number of ether oxygens (including phenoxy) is 1. The summed E-state index contributed by atoms with van der Waals surface area (Å²) in [6, 6.07) is 11.5. The maximum atomic E-state index is 11.4. The van der Waals surface area contributed by atoms with Gasteiger partial charge in [-0.1, -0.05) is 11.6 Å². The van der Waals surface area contributed by atoms with Crippen molar-refractivity contribution < 1.29 is 9.53 Å². The van der Waals surface area contributed by atoms with Gasteiger partial charge in [-0.3, -0.25) is 0 Å². The van der Waals surface area contributed by atoms with E-state index in [0.29, 0.717) is 5.56 Å². The summed E-state index contributed by atoms with van der Waals surface area (Å²) >= 11 is 0. The fraction of sp³-hybridized carbons (Fsp3) is 0.176. The SMILES string of the molecule is COC(=O)c1ccc(-n2cc3cc(C)cc(C)c3n2)cc1. The number of carbonyl (C=O) groups is 1. The van der Waals surface area contributed by atoms with Crippen LogP contribution < -0.4 is 0 Å². The number of esters is 1. The van der Waals surface area contributed by atoms with Gasteiger partial charge in [0.05, 0.1) is 23.9 Å². The third-order valence-corrected chi connectivity index (χ3v) is 3.50. The van der Waals surface area contributed by atoms with Crippen molar-refractivity contribution in [1.29, 1.82) is 0 Å². The van der Waals surface area contributed by atoms with Crippen molar-refractivity contribution in [2.45, 2.75) is 13.8 Å². The van der Waals surface area contributed by atoms with E-state index in [1.807, 2.05) is 23.0 Å². The minimum atomic E-state index is -0.335. The number of hydrogen-bond donors (Lipinski definition) is 0. The number of benzene rings is 2. The Labute approximate surface area is 123 Å². The zero-order chi connectivity index (χ0) is 15.0. The predicted octanol–water partition coefficient (Wildman–Crippen LogP) is 3.43. The fourth-order valence-corrected chi connectivity index (χ4v) is 2.50. The van der Waals surface area contributed by atoms with E-state index in [0.717, 1.165) is 22.2 Å². The lowest BCUT2D eigenvalue weighted by Crippen LogP contribution is -2.01. The Hall–Kier alpha value is -2.62. The van der Waals surface area contributed by atoms with E-state index in [-0.39, 0.29) is 5.97 Å². The Kier molecular flexibility index (Phi) is 3.22. The maximum absolute atomic E-state index is 11.4. The number of carbonyl (C=O) groups excluding carboxylic acids is 1. The van der Waals surface area contributed by atoms with Crippen LogP contribution in [0.4, 0.5) is 0 Å². The maximum Gasteiger partial charge on any atom is 0.337 e. The van der Waals surface area contributed by atoms with Crippen LogP contribution in [0.25, 0.3) is 16.6 Å². The number of nitrogens with zero attached hydrogens (tertiary/aromatic N) is 2. The summed E-state index contributed by atoms with van der Waals surface area (Å²) < 4.78 is 6.53. The molecule has 0 aliphatic carbocycles. The molecule has 0 aliphatic heterocycles. The third kappa shape index (κ3) is 2.40. The zero-order valence-electron chi connectivity index (χ0n) is 12.3. The Balaban J connectivity index is 2.04. The standard InChI is InChI=1S/C17H16N2O2/c1-11-8-12(2)16-14(9-11)10-19(18-16)15-6-4-13(5-7-15)17(20)21-3/h4-10H,1-3H3. The molecular formula is C17H16N2O2. The van der Waals surface area contributed by atoms with Crippen molar-refractivity contribution in [3.05, 3.63) is 59.3 Å². The highest BCUT2D eigenvalue weighted by molar-refractivity contribution is 5.89. The van der Waals surface area contributed by atoms with Crippen LogP contribution in [0, 0.1) is 13.8 Å². The number of aryl methyl sites for hydroxylation is 2. The van der Waals surface area contributed by atoms with Gasteiger partial charge in [-0.15, -0.1) is 0 Å². The molecular weight excluding hydrogens is 264 g/mol. The molecule has 1 aromatic heterocycles. The van der Waals surface area contributed by atoms with Gasteiger partial charge in [0.2, 0.25) is 0 Å². The summed E-state index contributed by atoms with van der Waals surface area (Å²) in [5, 5.41) is 5.73. The van der Waals surface area contributed by atoms with Gasteiger partial charge in [0.25, 0.3) is 0 Å². The lowest BCUT2D eigenvalue weighted by atomic mass is 10.1. The van der Waals surface area contributed by atoms with Crippen LogP contribution in [0.2, 0.25) is 0 Å². The molecule has 2 aromatic carbocycles. The Morgan fingerprint density at radius 2 is 1.86 bits per heavy atom. The van der Waals surface area contributed by atoms with E-state index >= 15 is 0 Å². The summed E-state index contributed by atoms with van der Waals surface area (Å²) in [4.78, 5) is 11.4. The first-order chi connectivity index (χ1) is 10.1. The van der Waals surface area contributed by atoms with Gasteiger partial charge in [-0.25, -0.2) is 9.48 Å². The summed E-state index contributed by atoms with van der Waals surface area (Å²) in [5.41, 5.74) is 4.83. The quantitative estimate of drug-likeness (QED) is 0.675. The Morgan fingerprint density at radius 3 is 2.52 bits per heavy atom. The first-order valence-corrected chi connectivity index (χ1v) is 6.74. The average Bonchev–Trinajstić information content (AvgIpc) is 2.91. The monoisotopic (exact) mass is 280 g/mol. The molecule has 4 heteroatoms. The molecule has 1 heterocycles. The molecule has 3 aromatic rings. The van der Waals surface area contributed by atoms with Crippen molar-refractivity contribution in [2.75, 3.05) is 7.11 Å².